The summed E-state index contributed by atoms with van der Waals surface area (Å²) < 4.78 is 33.6. The molecule has 0 atom stereocenters. The number of hydrogen-bond acceptors (Lipinski definition) is 5. The Morgan fingerprint density at radius 3 is 2.44 bits per heavy atom. The number of nitrogens with one attached hydrogen (secondary N) is 2. The van der Waals surface area contributed by atoms with E-state index in [1.165, 1.54) is 6.26 Å². The standard InChI is InChI=1S/C17H29N3O4S/c1-7-18-16(19-12-17(3,4)25(6,21)22)20-13-9-10-14(23-5)15(11-13)24-8-2/h9-11H,7-8,12H2,1-6H3,(H2,18,19,20). The fraction of sp³-hybridized carbons (Fsp3) is 0.588. The molecular formula is C17H29N3O4S. The first-order chi connectivity index (χ1) is 11.6. The van der Waals surface area contributed by atoms with E-state index < -0.39 is 14.6 Å². The Bertz CT molecular complexity index is 700. The van der Waals surface area contributed by atoms with Crippen LogP contribution in [0.1, 0.15) is 27.7 Å². The lowest BCUT2D eigenvalue weighted by atomic mass is 10.2. The lowest BCUT2D eigenvalue weighted by molar-refractivity contribution is 0.311. The third-order valence-corrected chi connectivity index (χ3v) is 5.83. The van der Waals surface area contributed by atoms with Crippen molar-refractivity contribution in [2.24, 2.45) is 4.99 Å². The zero-order chi connectivity index (χ0) is 19.1. The third-order valence-electron chi connectivity index (χ3n) is 3.69. The molecule has 7 nitrogen and oxygen atoms in total. The highest BCUT2D eigenvalue weighted by Gasteiger charge is 2.30. The quantitative estimate of drug-likeness (QED) is 0.538. The Morgan fingerprint density at radius 2 is 1.92 bits per heavy atom. The molecule has 2 N–H and O–H groups in total. The molecule has 0 fully saturated rings. The molecule has 1 rings (SSSR count). The van der Waals surface area contributed by atoms with Gasteiger partial charge in [-0.2, -0.15) is 0 Å². The Labute approximate surface area is 150 Å². The summed E-state index contributed by atoms with van der Waals surface area (Å²) in [5.74, 6) is 1.78. The molecule has 0 aliphatic carbocycles. The normalized spacial score (nSPS) is 12.6. The van der Waals surface area contributed by atoms with Gasteiger partial charge in [0.25, 0.3) is 0 Å². The SMILES string of the molecule is CCNC(=NCC(C)(C)S(C)(=O)=O)Nc1ccc(OC)c(OCC)c1. The summed E-state index contributed by atoms with van der Waals surface area (Å²) in [5, 5.41) is 6.27. The number of anilines is 1. The van der Waals surface area contributed by atoms with E-state index in [2.05, 4.69) is 15.6 Å². The number of sulfone groups is 1. The van der Waals surface area contributed by atoms with E-state index in [-0.39, 0.29) is 6.54 Å². The summed E-state index contributed by atoms with van der Waals surface area (Å²) in [6, 6.07) is 5.46. The molecule has 1 aromatic carbocycles. The maximum Gasteiger partial charge on any atom is 0.195 e. The molecule has 0 aliphatic heterocycles. The molecule has 0 radical (unpaired) electrons. The fourth-order valence-corrected chi connectivity index (χ4v) is 2.15. The maximum atomic E-state index is 11.8. The van der Waals surface area contributed by atoms with Gasteiger partial charge in [0, 0.05) is 24.6 Å². The number of nitrogens with zero attached hydrogens (tertiary/aromatic N) is 1. The summed E-state index contributed by atoms with van der Waals surface area (Å²) in [5.41, 5.74) is 0.765. The van der Waals surface area contributed by atoms with Gasteiger partial charge in [0.05, 0.1) is 25.0 Å². The third kappa shape index (κ3) is 6.12. The second kappa shape index (κ2) is 8.94. The first-order valence-corrected chi connectivity index (χ1v) is 10.1. The van der Waals surface area contributed by atoms with Crippen LogP contribution in [0.3, 0.4) is 0 Å². The lowest BCUT2D eigenvalue weighted by Gasteiger charge is -2.21. The van der Waals surface area contributed by atoms with Crippen molar-refractivity contribution < 1.29 is 17.9 Å². The summed E-state index contributed by atoms with van der Waals surface area (Å²) >= 11 is 0. The van der Waals surface area contributed by atoms with E-state index in [1.807, 2.05) is 26.0 Å². The number of guanidine groups is 1. The van der Waals surface area contributed by atoms with Gasteiger partial charge in [-0.15, -0.1) is 0 Å². The molecule has 25 heavy (non-hydrogen) atoms. The van der Waals surface area contributed by atoms with Crippen LogP contribution in [0.5, 0.6) is 11.5 Å². The monoisotopic (exact) mass is 371 g/mol. The van der Waals surface area contributed by atoms with Crippen LogP contribution in [0.2, 0.25) is 0 Å². The fourth-order valence-electron chi connectivity index (χ4n) is 1.85. The molecule has 0 saturated carbocycles. The largest absolute Gasteiger partial charge is 0.493 e. The molecule has 0 amide bonds. The zero-order valence-electron chi connectivity index (χ0n) is 15.8. The van der Waals surface area contributed by atoms with Crippen LogP contribution in [-0.2, 0) is 9.84 Å². The first kappa shape index (κ1) is 21.1. The Morgan fingerprint density at radius 1 is 1.24 bits per heavy atom. The highest BCUT2D eigenvalue weighted by atomic mass is 32.2. The van der Waals surface area contributed by atoms with Crippen LogP contribution < -0.4 is 20.1 Å². The average Bonchev–Trinajstić information content (AvgIpc) is 2.52. The van der Waals surface area contributed by atoms with Gasteiger partial charge >= 0.3 is 0 Å². The summed E-state index contributed by atoms with van der Waals surface area (Å²) in [7, 11) is -1.62. The Kier molecular flexibility index (Phi) is 7.54. The van der Waals surface area contributed by atoms with E-state index in [0.717, 1.165) is 5.69 Å². The minimum Gasteiger partial charge on any atom is -0.493 e. The van der Waals surface area contributed by atoms with E-state index in [4.69, 9.17) is 9.47 Å². The number of aliphatic imine (C=N–C) groups is 1. The second-order valence-corrected chi connectivity index (χ2v) is 8.80. The molecule has 1 aromatic rings. The molecule has 0 spiro atoms. The predicted octanol–water partition coefficient (Wildman–Crippen LogP) is 2.29. The lowest BCUT2D eigenvalue weighted by Crippen LogP contribution is -2.37. The van der Waals surface area contributed by atoms with Gasteiger partial charge in [-0.1, -0.05) is 0 Å². The van der Waals surface area contributed by atoms with Crippen LogP contribution in [0.4, 0.5) is 5.69 Å². The van der Waals surface area contributed by atoms with Gasteiger partial charge in [-0.05, 0) is 39.8 Å². The molecule has 0 aromatic heterocycles. The van der Waals surface area contributed by atoms with Crippen LogP contribution in [0.15, 0.2) is 23.2 Å². The van der Waals surface area contributed by atoms with Crippen molar-refractivity contribution in [2.75, 3.05) is 38.4 Å². The highest BCUT2D eigenvalue weighted by molar-refractivity contribution is 7.92. The number of hydrogen-bond donors (Lipinski definition) is 2. The Balaban J connectivity index is 3.01. The maximum absolute atomic E-state index is 11.8. The van der Waals surface area contributed by atoms with Crippen LogP contribution >= 0.6 is 0 Å². The smallest absolute Gasteiger partial charge is 0.195 e. The molecule has 0 unspecified atom stereocenters. The van der Waals surface area contributed by atoms with E-state index >= 15 is 0 Å². The van der Waals surface area contributed by atoms with Crippen molar-refractivity contribution in [3.8, 4) is 11.5 Å². The van der Waals surface area contributed by atoms with Crippen molar-refractivity contribution in [1.82, 2.24) is 5.32 Å². The summed E-state index contributed by atoms with van der Waals surface area (Å²) in [4.78, 5) is 4.41. The number of benzene rings is 1. The number of ether oxygens (including phenoxy) is 2. The van der Waals surface area contributed by atoms with Crippen LogP contribution in [-0.4, -0.2) is 52.2 Å². The molecule has 0 bridgehead atoms. The van der Waals surface area contributed by atoms with Crippen molar-refractivity contribution in [1.29, 1.82) is 0 Å². The molecule has 0 saturated heterocycles. The van der Waals surface area contributed by atoms with E-state index in [1.54, 1.807) is 27.0 Å². The second-order valence-electron chi connectivity index (χ2n) is 6.15. The molecular weight excluding hydrogens is 342 g/mol. The van der Waals surface area contributed by atoms with Gasteiger partial charge in [0.2, 0.25) is 0 Å². The minimum absolute atomic E-state index is 0.148. The van der Waals surface area contributed by atoms with Crippen molar-refractivity contribution in [3.63, 3.8) is 0 Å². The summed E-state index contributed by atoms with van der Waals surface area (Å²) in [6.45, 7) is 8.49. The predicted molar refractivity (Wildman–Crippen MR) is 103 cm³/mol. The van der Waals surface area contributed by atoms with Crippen LogP contribution in [0, 0.1) is 0 Å². The van der Waals surface area contributed by atoms with Gasteiger partial charge in [0.1, 0.15) is 0 Å². The van der Waals surface area contributed by atoms with Crippen LogP contribution in [0.25, 0.3) is 0 Å². The molecule has 142 valence electrons. The minimum atomic E-state index is -3.21. The number of rotatable bonds is 8. The van der Waals surface area contributed by atoms with Gasteiger partial charge in [-0.25, -0.2) is 8.42 Å². The summed E-state index contributed by atoms with van der Waals surface area (Å²) in [6.07, 6.45) is 1.22. The van der Waals surface area contributed by atoms with Crippen molar-refractivity contribution in [3.05, 3.63) is 18.2 Å². The average molecular weight is 372 g/mol. The van der Waals surface area contributed by atoms with Gasteiger partial charge < -0.3 is 20.1 Å². The van der Waals surface area contributed by atoms with E-state index in [9.17, 15) is 8.42 Å². The Hall–Kier alpha value is -1.96. The molecule has 0 aliphatic rings. The number of methoxy groups -OCH3 is 1. The van der Waals surface area contributed by atoms with Gasteiger partial charge in [0.15, 0.2) is 27.3 Å². The zero-order valence-corrected chi connectivity index (χ0v) is 16.7. The van der Waals surface area contributed by atoms with Crippen molar-refractivity contribution >= 4 is 21.5 Å². The van der Waals surface area contributed by atoms with Gasteiger partial charge in [-0.3, -0.25) is 4.99 Å². The molecule has 8 heteroatoms. The van der Waals surface area contributed by atoms with E-state index in [0.29, 0.717) is 30.6 Å². The highest BCUT2D eigenvalue weighted by Crippen LogP contribution is 2.30. The first-order valence-electron chi connectivity index (χ1n) is 8.20. The van der Waals surface area contributed by atoms with Crippen molar-refractivity contribution in [2.45, 2.75) is 32.4 Å². The topological polar surface area (TPSA) is 89.0 Å². The molecule has 0 heterocycles.